The first-order valence-corrected chi connectivity index (χ1v) is 8.59. The zero-order valence-electron chi connectivity index (χ0n) is 13.8. The third-order valence-electron chi connectivity index (χ3n) is 3.44. The molecule has 0 atom stereocenters. The van der Waals surface area contributed by atoms with Crippen LogP contribution >= 0.6 is 11.3 Å². The van der Waals surface area contributed by atoms with Crippen molar-refractivity contribution in [1.29, 1.82) is 0 Å². The van der Waals surface area contributed by atoms with Crippen molar-refractivity contribution in [2.75, 3.05) is 20.7 Å². The summed E-state index contributed by atoms with van der Waals surface area (Å²) < 4.78 is 4.62. The maximum absolute atomic E-state index is 11.0. The van der Waals surface area contributed by atoms with Crippen LogP contribution in [0, 0.1) is 6.92 Å². The fourth-order valence-electron chi connectivity index (χ4n) is 2.03. The van der Waals surface area contributed by atoms with Crippen LogP contribution in [0.2, 0.25) is 0 Å². The molecule has 22 heavy (non-hydrogen) atoms. The van der Waals surface area contributed by atoms with Gasteiger partial charge in [0.2, 0.25) is 0 Å². The van der Waals surface area contributed by atoms with Gasteiger partial charge in [-0.15, -0.1) is 11.3 Å². The number of ether oxygens (including phenoxy) is 1. The molecule has 0 bridgehead atoms. The maximum atomic E-state index is 11.0. The van der Waals surface area contributed by atoms with Crippen LogP contribution in [0.15, 0.2) is 16.4 Å². The lowest BCUT2D eigenvalue weighted by molar-refractivity contribution is -0.140. The summed E-state index contributed by atoms with van der Waals surface area (Å²) in [6, 6.07) is 2.13. The molecule has 6 heteroatoms. The zero-order valence-corrected chi connectivity index (χ0v) is 14.6. The van der Waals surface area contributed by atoms with E-state index in [1.165, 1.54) is 17.6 Å². The van der Waals surface area contributed by atoms with Crippen molar-refractivity contribution in [3.63, 3.8) is 0 Å². The van der Waals surface area contributed by atoms with Gasteiger partial charge in [0.15, 0.2) is 5.96 Å². The summed E-state index contributed by atoms with van der Waals surface area (Å²) in [4.78, 5) is 16.5. The third kappa shape index (κ3) is 7.45. The summed E-state index contributed by atoms with van der Waals surface area (Å²) in [5, 5.41) is 8.75. The molecule has 0 aliphatic rings. The molecular formula is C16H27N3O2S. The number of nitrogens with one attached hydrogen (secondary N) is 2. The van der Waals surface area contributed by atoms with Crippen LogP contribution in [-0.4, -0.2) is 32.6 Å². The van der Waals surface area contributed by atoms with Crippen molar-refractivity contribution >= 4 is 23.3 Å². The molecule has 1 aromatic rings. The topological polar surface area (TPSA) is 62.7 Å². The lowest BCUT2D eigenvalue weighted by Crippen LogP contribution is -2.37. The Morgan fingerprint density at radius 2 is 2.05 bits per heavy atom. The minimum absolute atomic E-state index is 0.119. The molecule has 124 valence electrons. The highest BCUT2D eigenvalue weighted by Gasteiger charge is 2.02. The van der Waals surface area contributed by atoms with E-state index in [1.807, 2.05) is 0 Å². The predicted molar refractivity (Wildman–Crippen MR) is 92.4 cm³/mol. The molecule has 0 aliphatic heterocycles. The predicted octanol–water partition coefficient (Wildman–Crippen LogP) is 2.85. The van der Waals surface area contributed by atoms with E-state index in [2.05, 4.69) is 38.7 Å². The highest BCUT2D eigenvalue weighted by molar-refractivity contribution is 7.10. The Hall–Kier alpha value is -1.56. The van der Waals surface area contributed by atoms with Crippen molar-refractivity contribution in [1.82, 2.24) is 10.6 Å². The number of guanidine groups is 1. The molecule has 0 saturated heterocycles. The first kappa shape index (κ1) is 18.5. The molecule has 1 rings (SSSR count). The molecule has 2 N–H and O–H groups in total. The number of hydrogen-bond donors (Lipinski definition) is 2. The van der Waals surface area contributed by atoms with E-state index in [-0.39, 0.29) is 5.97 Å². The Labute approximate surface area is 137 Å². The molecule has 0 amide bonds. The van der Waals surface area contributed by atoms with E-state index in [1.54, 1.807) is 18.4 Å². The van der Waals surface area contributed by atoms with Crippen LogP contribution in [0.1, 0.15) is 42.5 Å². The molecule has 0 fully saturated rings. The molecule has 5 nitrogen and oxygen atoms in total. The highest BCUT2D eigenvalue weighted by atomic mass is 32.1. The minimum Gasteiger partial charge on any atom is -0.469 e. The number of carbonyl (C=O) groups is 1. The Bertz CT molecular complexity index is 472. The van der Waals surface area contributed by atoms with Crippen LogP contribution in [-0.2, 0) is 16.1 Å². The first-order valence-electron chi connectivity index (χ1n) is 7.71. The second kappa shape index (κ2) is 11.1. The summed E-state index contributed by atoms with van der Waals surface area (Å²) in [5.74, 6) is 0.717. The smallest absolute Gasteiger partial charge is 0.305 e. The number of aryl methyl sites for hydroxylation is 1. The summed E-state index contributed by atoms with van der Waals surface area (Å²) in [6.07, 6.45) is 4.65. The number of hydrogen-bond acceptors (Lipinski definition) is 4. The van der Waals surface area contributed by atoms with Gasteiger partial charge >= 0.3 is 5.97 Å². The van der Waals surface area contributed by atoms with Crippen molar-refractivity contribution in [2.45, 2.75) is 45.6 Å². The number of rotatable bonds is 9. The first-order chi connectivity index (χ1) is 10.7. The second-order valence-corrected chi connectivity index (χ2v) is 6.12. The van der Waals surface area contributed by atoms with Gasteiger partial charge in [-0.3, -0.25) is 9.79 Å². The molecule has 1 aromatic heterocycles. The molecule has 0 saturated carbocycles. The van der Waals surface area contributed by atoms with Crippen molar-refractivity contribution in [3.8, 4) is 0 Å². The van der Waals surface area contributed by atoms with E-state index < -0.39 is 0 Å². The van der Waals surface area contributed by atoms with E-state index in [4.69, 9.17) is 0 Å². The Kier molecular flexibility index (Phi) is 9.30. The molecule has 1 heterocycles. The number of unbranched alkanes of at least 4 members (excludes halogenated alkanes) is 3. The summed E-state index contributed by atoms with van der Waals surface area (Å²) in [6.45, 7) is 3.82. The average Bonchev–Trinajstić information content (AvgIpc) is 2.94. The highest BCUT2D eigenvalue weighted by Crippen LogP contribution is 2.14. The van der Waals surface area contributed by atoms with Gasteiger partial charge in [0.1, 0.15) is 0 Å². The minimum atomic E-state index is -0.119. The van der Waals surface area contributed by atoms with Gasteiger partial charge in [-0.05, 0) is 36.8 Å². The van der Waals surface area contributed by atoms with E-state index >= 15 is 0 Å². The second-order valence-electron chi connectivity index (χ2n) is 5.12. The lowest BCUT2D eigenvalue weighted by Gasteiger charge is -2.11. The normalized spacial score (nSPS) is 11.3. The van der Waals surface area contributed by atoms with Gasteiger partial charge in [-0.1, -0.05) is 12.8 Å². The average molecular weight is 325 g/mol. The van der Waals surface area contributed by atoms with Gasteiger partial charge in [0.25, 0.3) is 0 Å². The Morgan fingerprint density at radius 3 is 2.68 bits per heavy atom. The van der Waals surface area contributed by atoms with Gasteiger partial charge in [-0.25, -0.2) is 0 Å². The quantitative estimate of drug-likeness (QED) is 0.317. The van der Waals surface area contributed by atoms with E-state index in [0.717, 1.165) is 44.7 Å². The van der Waals surface area contributed by atoms with Crippen LogP contribution in [0.3, 0.4) is 0 Å². The standard InChI is InChI=1S/C16H27N3O2S/c1-13-9-11-22-14(13)12-19-16(17-2)18-10-7-5-4-6-8-15(20)21-3/h9,11H,4-8,10,12H2,1-3H3,(H2,17,18,19). The zero-order chi connectivity index (χ0) is 16.2. The number of methoxy groups -OCH3 is 1. The molecule has 0 unspecified atom stereocenters. The SMILES string of the molecule is CN=C(NCCCCCCC(=O)OC)NCc1sccc1C. The number of aliphatic imine (C=N–C) groups is 1. The maximum Gasteiger partial charge on any atom is 0.305 e. The lowest BCUT2D eigenvalue weighted by atomic mass is 10.1. The van der Waals surface area contributed by atoms with Crippen LogP contribution in [0.5, 0.6) is 0 Å². The number of thiophene rings is 1. The molecule has 0 spiro atoms. The molecule has 0 aliphatic carbocycles. The van der Waals surface area contributed by atoms with Crippen LogP contribution in [0.25, 0.3) is 0 Å². The van der Waals surface area contributed by atoms with Crippen molar-refractivity contribution < 1.29 is 9.53 Å². The van der Waals surface area contributed by atoms with Crippen molar-refractivity contribution in [2.24, 2.45) is 4.99 Å². The monoisotopic (exact) mass is 325 g/mol. The molecular weight excluding hydrogens is 298 g/mol. The van der Waals surface area contributed by atoms with E-state index in [0.29, 0.717) is 6.42 Å². The van der Waals surface area contributed by atoms with Gasteiger partial charge in [0, 0.05) is 24.9 Å². The number of carbonyl (C=O) groups excluding carboxylic acids is 1. The van der Waals surface area contributed by atoms with Gasteiger partial charge in [0.05, 0.1) is 13.7 Å². The summed E-state index contributed by atoms with van der Waals surface area (Å²) in [7, 11) is 3.22. The van der Waals surface area contributed by atoms with Gasteiger partial charge in [-0.2, -0.15) is 0 Å². The van der Waals surface area contributed by atoms with Crippen LogP contribution < -0.4 is 10.6 Å². The number of nitrogens with zero attached hydrogens (tertiary/aromatic N) is 1. The number of esters is 1. The largest absolute Gasteiger partial charge is 0.469 e. The van der Waals surface area contributed by atoms with Gasteiger partial charge < -0.3 is 15.4 Å². The fraction of sp³-hybridized carbons (Fsp3) is 0.625. The third-order valence-corrected chi connectivity index (χ3v) is 4.46. The molecule has 0 radical (unpaired) electrons. The van der Waals surface area contributed by atoms with Crippen molar-refractivity contribution in [3.05, 3.63) is 21.9 Å². The Balaban J connectivity index is 2.07. The van der Waals surface area contributed by atoms with Crippen LogP contribution in [0.4, 0.5) is 0 Å². The summed E-state index contributed by atoms with van der Waals surface area (Å²) >= 11 is 1.76. The summed E-state index contributed by atoms with van der Waals surface area (Å²) in [5.41, 5.74) is 1.32. The van der Waals surface area contributed by atoms with E-state index in [9.17, 15) is 4.79 Å². The fourth-order valence-corrected chi connectivity index (χ4v) is 2.87. The Morgan fingerprint density at radius 1 is 1.27 bits per heavy atom. The molecule has 0 aromatic carbocycles.